The lowest BCUT2D eigenvalue weighted by atomic mass is 10.2. The number of halogens is 3. The molecule has 164 valence electrons. The molecule has 10 heteroatoms. The standard InChI is InChI=1S/C21H21F3N4O3/c1-13(2)28-19(21(22,23)24)17(12-27-28)20(29)26-11-14-7-8-18(25-10-14)31-16-6-4-5-15(9-16)30-3/h4-10,12-13H,11H2,1-3H3,(H,26,29). The molecule has 31 heavy (non-hydrogen) atoms. The van der Waals surface area contributed by atoms with Gasteiger partial charge in [0.2, 0.25) is 5.88 Å². The molecule has 3 rings (SSSR count). The molecule has 2 heterocycles. The number of pyridine rings is 1. The van der Waals surface area contributed by atoms with E-state index in [9.17, 15) is 18.0 Å². The minimum atomic E-state index is -4.70. The zero-order chi connectivity index (χ0) is 22.6. The van der Waals surface area contributed by atoms with Gasteiger partial charge in [0.25, 0.3) is 5.91 Å². The number of ether oxygens (including phenoxy) is 2. The van der Waals surface area contributed by atoms with Crippen molar-refractivity contribution in [2.45, 2.75) is 32.6 Å². The Hall–Kier alpha value is -3.56. The summed E-state index contributed by atoms with van der Waals surface area (Å²) >= 11 is 0. The largest absolute Gasteiger partial charge is 0.497 e. The number of carbonyl (C=O) groups is 1. The van der Waals surface area contributed by atoms with Crippen LogP contribution in [-0.4, -0.2) is 27.8 Å². The van der Waals surface area contributed by atoms with Gasteiger partial charge in [0.15, 0.2) is 5.69 Å². The number of hydrogen-bond donors (Lipinski definition) is 1. The number of nitrogens with zero attached hydrogens (tertiary/aromatic N) is 3. The zero-order valence-electron chi connectivity index (χ0n) is 17.1. The van der Waals surface area contributed by atoms with Crippen molar-refractivity contribution in [2.24, 2.45) is 0 Å². The van der Waals surface area contributed by atoms with Crippen LogP contribution in [0.25, 0.3) is 0 Å². The summed E-state index contributed by atoms with van der Waals surface area (Å²) in [4.78, 5) is 16.5. The fourth-order valence-corrected chi connectivity index (χ4v) is 2.84. The normalized spacial score (nSPS) is 11.5. The number of rotatable bonds is 7. The van der Waals surface area contributed by atoms with Gasteiger partial charge in [-0.3, -0.25) is 9.48 Å². The van der Waals surface area contributed by atoms with E-state index < -0.39 is 29.4 Å². The third-order valence-electron chi connectivity index (χ3n) is 4.31. The van der Waals surface area contributed by atoms with E-state index in [2.05, 4.69) is 15.4 Å². The molecule has 0 bridgehead atoms. The van der Waals surface area contributed by atoms with E-state index in [-0.39, 0.29) is 6.54 Å². The number of carbonyl (C=O) groups excluding carboxylic acids is 1. The highest BCUT2D eigenvalue weighted by atomic mass is 19.4. The van der Waals surface area contributed by atoms with Crippen molar-refractivity contribution >= 4 is 5.91 Å². The molecule has 3 aromatic rings. The summed E-state index contributed by atoms with van der Waals surface area (Å²) in [7, 11) is 1.55. The molecule has 0 aliphatic carbocycles. The number of amides is 1. The third-order valence-corrected chi connectivity index (χ3v) is 4.31. The molecule has 0 saturated carbocycles. The second-order valence-corrected chi connectivity index (χ2v) is 6.91. The van der Waals surface area contributed by atoms with Crippen molar-refractivity contribution < 1.29 is 27.4 Å². The van der Waals surface area contributed by atoms with E-state index in [1.807, 2.05) is 0 Å². The van der Waals surface area contributed by atoms with Gasteiger partial charge in [-0.2, -0.15) is 18.3 Å². The predicted molar refractivity (Wildman–Crippen MR) is 106 cm³/mol. The molecule has 0 fully saturated rings. The van der Waals surface area contributed by atoms with Gasteiger partial charge in [-0.25, -0.2) is 4.98 Å². The van der Waals surface area contributed by atoms with Gasteiger partial charge in [0.05, 0.1) is 18.9 Å². The van der Waals surface area contributed by atoms with Crippen molar-refractivity contribution in [2.75, 3.05) is 7.11 Å². The number of methoxy groups -OCH3 is 1. The molecule has 1 amide bonds. The minimum absolute atomic E-state index is 0.00453. The van der Waals surface area contributed by atoms with Crippen LogP contribution in [0.1, 0.15) is 41.5 Å². The van der Waals surface area contributed by atoms with Crippen LogP contribution < -0.4 is 14.8 Å². The Bertz CT molecular complexity index is 1050. The fraction of sp³-hybridized carbons (Fsp3) is 0.286. The highest BCUT2D eigenvalue weighted by Gasteiger charge is 2.40. The molecule has 1 aromatic carbocycles. The Morgan fingerprint density at radius 2 is 1.90 bits per heavy atom. The first kappa shape index (κ1) is 22.1. The molecule has 0 radical (unpaired) electrons. The van der Waals surface area contributed by atoms with E-state index in [0.29, 0.717) is 22.9 Å². The maximum atomic E-state index is 13.4. The highest BCUT2D eigenvalue weighted by Crippen LogP contribution is 2.33. The SMILES string of the molecule is COc1cccc(Oc2ccc(CNC(=O)c3cnn(C(C)C)c3C(F)(F)F)cn2)c1. The minimum Gasteiger partial charge on any atom is -0.497 e. The van der Waals surface area contributed by atoms with E-state index in [1.54, 1.807) is 57.4 Å². The average Bonchev–Trinajstić information content (AvgIpc) is 3.19. The number of nitrogens with one attached hydrogen (secondary N) is 1. The summed E-state index contributed by atoms with van der Waals surface area (Å²) in [5.41, 5.74) is -0.997. The first-order valence-corrected chi connectivity index (χ1v) is 9.38. The molecule has 1 N–H and O–H groups in total. The maximum Gasteiger partial charge on any atom is 0.433 e. The smallest absolute Gasteiger partial charge is 0.433 e. The lowest BCUT2D eigenvalue weighted by Crippen LogP contribution is -2.27. The molecular formula is C21H21F3N4O3. The molecule has 0 saturated heterocycles. The summed E-state index contributed by atoms with van der Waals surface area (Å²) in [5, 5.41) is 6.19. The Kier molecular flexibility index (Phi) is 6.47. The van der Waals surface area contributed by atoms with Crippen molar-refractivity contribution in [3.8, 4) is 17.4 Å². The van der Waals surface area contributed by atoms with Crippen LogP contribution in [0, 0.1) is 0 Å². The monoisotopic (exact) mass is 434 g/mol. The summed E-state index contributed by atoms with van der Waals surface area (Å²) in [6.45, 7) is 3.12. The Labute approximate surface area is 176 Å². The van der Waals surface area contributed by atoms with Gasteiger partial charge in [0.1, 0.15) is 11.5 Å². The van der Waals surface area contributed by atoms with Crippen molar-refractivity contribution in [3.63, 3.8) is 0 Å². The van der Waals surface area contributed by atoms with Crippen molar-refractivity contribution in [1.82, 2.24) is 20.1 Å². The summed E-state index contributed by atoms with van der Waals surface area (Å²) < 4.78 is 51.8. The zero-order valence-corrected chi connectivity index (χ0v) is 17.1. The molecular weight excluding hydrogens is 413 g/mol. The van der Waals surface area contributed by atoms with Crippen LogP contribution in [0.15, 0.2) is 48.8 Å². The highest BCUT2D eigenvalue weighted by molar-refractivity contribution is 5.95. The first-order valence-electron chi connectivity index (χ1n) is 9.38. The van der Waals surface area contributed by atoms with E-state index >= 15 is 0 Å². The van der Waals surface area contributed by atoms with Gasteiger partial charge < -0.3 is 14.8 Å². The van der Waals surface area contributed by atoms with Crippen LogP contribution in [0.4, 0.5) is 13.2 Å². The lowest BCUT2D eigenvalue weighted by Gasteiger charge is -2.15. The number of benzene rings is 1. The number of aromatic nitrogens is 3. The van der Waals surface area contributed by atoms with E-state index in [1.165, 1.54) is 6.20 Å². The van der Waals surface area contributed by atoms with Crippen LogP contribution in [0.2, 0.25) is 0 Å². The summed E-state index contributed by atoms with van der Waals surface area (Å²) in [5.74, 6) is 0.627. The van der Waals surface area contributed by atoms with E-state index in [0.717, 1.165) is 10.9 Å². The molecule has 0 aliphatic heterocycles. The Morgan fingerprint density at radius 3 is 2.52 bits per heavy atom. The molecule has 2 aromatic heterocycles. The van der Waals surface area contributed by atoms with Crippen LogP contribution in [0.3, 0.4) is 0 Å². The lowest BCUT2D eigenvalue weighted by molar-refractivity contribution is -0.145. The first-order chi connectivity index (χ1) is 14.7. The molecule has 7 nitrogen and oxygen atoms in total. The number of alkyl halides is 3. The Balaban J connectivity index is 1.66. The van der Waals surface area contributed by atoms with Gasteiger partial charge in [-0.05, 0) is 31.5 Å². The second-order valence-electron chi connectivity index (χ2n) is 6.91. The van der Waals surface area contributed by atoms with Gasteiger partial charge in [-0.1, -0.05) is 12.1 Å². The van der Waals surface area contributed by atoms with Gasteiger partial charge >= 0.3 is 6.18 Å². The summed E-state index contributed by atoms with van der Waals surface area (Å²) in [6, 6.07) is 9.71. The third kappa shape index (κ3) is 5.33. The van der Waals surface area contributed by atoms with Crippen molar-refractivity contribution in [1.29, 1.82) is 0 Å². The van der Waals surface area contributed by atoms with Gasteiger partial charge in [0, 0.05) is 30.9 Å². The van der Waals surface area contributed by atoms with Crippen LogP contribution >= 0.6 is 0 Å². The number of hydrogen-bond acceptors (Lipinski definition) is 5. The molecule has 0 aliphatic rings. The fourth-order valence-electron chi connectivity index (χ4n) is 2.84. The summed E-state index contributed by atoms with van der Waals surface area (Å²) in [6.07, 6.45) is -2.30. The van der Waals surface area contributed by atoms with E-state index in [4.69, 9.17) is 9.47 Å². The topological polar surface area (TPSA) is 78.3 Å². The quantitative estimate of drug-likeness (QED) is 0.588. The molecule has 0 atom stereocenters. The second kappa shape index (κ2) is 9.07. The van der Waals surface area contributed by atoms with Crippen molar-refractivity contribution in [3.05, 3.63) is 65.6 Å². The maximum absolute atomic E-state index is 13.4. The molecule has 0 unspecified atom stereocenters. The predicted octanol–water partition coefficient (Wildman–Crippen LogP) is 4.61. The average molecular weight is 434 g/mol. The van der Waals surface area contributed by atoms with Crippen LogP contribution in [-0.2, 0) is 12.7 Å². The van der Waals surface area contributed by atoms with Crippen LogP contribution in [0.5, 0.6) is 17.4 Å². The molecule has 0 spiro atoms. The Morgan fingerprint density at radius 1 is 1.16 bits per heavy atom. The van der Waals surface area contributed by atoms with Gasteiger partial charge in [-0.15, -0.1) is 0 Å².